The summed E-state index contributed by atoms with van der Waals surface area (Å²) in [6, 6.07) is 11.0. The highest BCUT2D eigenvalue weighted by Crippen LogP contribution is 2.39. The van der Waals surface area contributed by atoms with E-state index in [4.69, 9.17) is 11.6 Å². The van der Waals surface area contributed by atoms with Crippen molar-refractivity contribution in [1.82, 2.24) is 9.88 Å². The SMILES string of the molecule is CC(C)(C)N1CCC(c2cc(-c3ccc(F)cc3Cl)c3ccnc(-c4c(F)cccc4F)c3[n+]2[O-])CC1. The fourth-order valence-corrected chi connectivity index (χ4v) is 5.53. The Morgan fingerprint density at radius 2 is 1.65 bits per heavy atom. The summed E-state index contributed by atoms with van der Waals surface area (Å²) >= 11 is 6.45. The van der Waals surface area contributed by atoms with E-state index in [1.165, 1.54) is 24.4 Å². The maximum Gasteiger partial charge on any atom is 0.251 e. The van der Waals surface area contributed by atoms with Gasteiger partial charge in [0.2, 0.25) is 0 Å². The topological polar surface area (TPSA) is 43.1 Å². The molecular weight excluding hydrogens is 499 g/mol. The monoisotopic (exact) mass is 525 g/mol. The van der Waals surface area contributed by atoms with Crippen molar-refractivity contribution in [3.05, 3.63) is 88.1 Å². The largest absolute Gasteiger partial charge is 0.618 e. The van der Waals surface area contributed by atoms with E-state index < -0.39 is 17.5 Å². The van der Waals surface area contributed by atoms with Gasteiger partial charge in [-0.05, 0) is 83.1 Å². The van der Waals surface area contributed by atoms with Crippen LogP contribution in [0.3, 0.4) is 0 Å². The number of nitrogens with zero attached hydrogens (tertiary/aromatic N) is 3. The van der Waals surface area contributed by atoms with Crippen LogP contribution >= 0.6 is 11.6 Å². The number of rotatable bonds is 3. The van der Waals surface area contributed by atoms with Crippen molar-refractivity contribution < 1.29 is 17.9 Å². The highest BCUT2D eigenvalue weighted by Gasteiger charge is 2.33. The standard InChI is InChI=1S/C29H27ClF3N3O/c1-29(2,3)35-13-10-17(11-14-35)25-16-21(19-8-7-18(31)15-22(19)30)20-9-12-34-27(28(20)36(25)37)26-23(32)5-4-6-24(26)33/h4-9,12,15-17H,10-11,13-14H2,1-3H3. The van der Waals surface area contributed by atoms with E-state index in [9.17, 15) is 18.4 Å². The van der Waals surface area contributed by atoms with Gasteiger partial charge in [0, 0.05) is 34.8 Å². The Morgan fingerprint density at radius 1 is 0.973 bits per heavy atom. The van der Waals surface area contributed by atoms with Crippen molar-refractivity contribution in [2.45, 2.75) is 45.1 Å². The first-order chi connectivity index (χ1) is 17.6. The molecule has 0 N–H and O–H groups in total. The molecule has 1 saturated heterocycles. The van der Waals surface area contributed by atoms with Crippen molar-refractivity contribution >= 4 is 22.5 Å². The minimum absolute atomic E-state index is 0.00798. The summed E-state index contributed by atoms with van der Waals surface area (Å²) in [7, 11) is 0. The third-order valence-corrected chi connectivity index (χ3v) is 7.54. The normalized spacial score (nSPS) is 15.4. The lowest BCUT2D eigenvalue weighted by Crippen LogP contribution is -2.47. The van der Waals surface area contributed by atoms with Gasteiger partial charge < -0.3 is 5.21 Å². The van der Waals surface area contributed by atoms with Crippen LogP contribution in [-0.2, 0) is 0 Å². The molecule has 8 heteroatoms. The summed E-state index contributed by atoms with van der Waals surface area (Å²) in [5, 5.41) is 14.6. The lowest BCUT2D eigenvalue weighted by molar-refractivity contribution is -0.587. The van der Waals surface area contributed by atoms with Crippen LogP contribution in [0.15, 0.2) is 54.7 Å². The van der Waals surface area contributed by atoms with E-state index in [-0.39, 0.29) is 33.3 Å². The van der Waals surface area contributed by atoms with Crippen molar-refractivity contribution in [3.8, 4) is 22.4 Å². The van der Waals surface area contributed by atoms with Gasteiger partial charge in [-0.15, -0.1) is 0 Å². The summed E-state index contributed by atoms with van der Waals surface area (Å²) in [4.78, 5) is 6.63. The van der Waals surface area contributed by atoms with E-state index in [1.807, 2.05) is 0 Å². The quantitative estimate of drug-likeness (QED) is 0.209. The molecule has 0 spiro atoms. The first-order valence-electron chi connectivity index (χ1n) is 12.3. The van der Waals surface area contributed by atoms with Crippen LogP contribution in [0.2, 0.25) is 5.02 Å². The summed E-state index contributed by atoms with van der Waals surface area (Å²) in [6.07, 6.45) is 2.89. The molecule has 0 amide bonds. The van der Waals surface area contributed by atoms with Gasteiger partial charge in [-0.2, -0.15) is 4.73 Å². The Bertz CT molecular complexity index is 1470. The number of hydrogen-bond acceptors (Lipinski definition) is 3. The molecule has 4 aromatic rings. The van der Waals surface area contributed by atoms with Gasteiger partial charge in [-0.3, -0.25) is 4.90 Å². The van der Waals surface area contributed by atoms with Gasteiger partial charge in [-0.25, -0.2) is 18.2 Å². The highest BCUT2D eigenvalue weighted by molar-refractivity contribution is 6.33. The molecule has 0 atom stereocenters. The Hall–Kier alpha value is -3.16. The molecule has 2 aromatic heterocycles. The minimum Gasteiger partial charge on any atom is -0.618 e. The summed E-state index contributed by atoms with van der Waals surface area (Å²) in [6.45, 7) is 8.09. The number of aromatic nitrogens is 2. The summed E-state index contributed by atoms with van der Waals surface area (Å²) in [5.41, 5.74) is 1.19. The molecule has 192 valence electrons. The minimum atomic E-state index is -0.815. The van der Waals surface area contributed by atoms with Gasteiger partial charge >= 0.3 is 0 Å². The predicted octanol–water partition coefficient (Wildman–Crippen LogP) is 7.25. The predicted molar refractivity (Wildman–Crippen MR) is 140 cm³/mol. The Morgan fingerprint density at radius 3 is 2.27 bits per heavy atom. The van der Waals surface area contributed by atoms with Crippen molar-refractivity contribution in [2.75, 3.05) is 13.1 Å². The van der Waals surface area contributed by atoms with Crippen LogP contribution in [0.25, 0.3) is 33.3 Å². The van der Waals surface area contributed by atoms with Crippen LogP contribution in [0, 0.1) is 22.7 Å². The second-order valence-corrected chi connectivity index (χ2v) is 10.9. The lowest BCUT2D eigenvalue weighted by atomic mass is 9.88. The van der Waals surface area contributed by atoms with Crippen LogP contribution < -0.4 is 4.73 Å². The molecule has 4 nitrogen and oxygen atoms in total. The molecule has 37 heavy (non-hydrogen) atoms. The van der Waals surface area contributed by atoms with Gasteiger partial charge in [0.1, 0.15) is 23.1 Å². The highest BCUT2D eigenvalue weighted by atomic mass is 35.5. The van der Waals surface area contributed by atoms with Gasteiger partial charge in [0.15, 0.2) is 5.69 Å². The zero-order valence-corrected chi connectivity index (χ0v) is 21.6. The van der Waals surface area contributed by atoms with Crippen molar-refractivity contribution in [3.63, 3.8) is 0 Å². The molecule has 0 aliphatic carbocycles. The van der Waals surface area contributed by atoms with Crippen LogP contribution in [0.5, 0.6) is 0 Å². The second kappa shape index (κ2) is 9.62. The molecule has 3 heterocycles. The van der Waals surface area contributed by atoms with Crippen molar-refractivity contribution in [2.24, 2.45) is 0 Å². The summed E-state index contributed by atoms with van der Waals surface area (Å²) in [5.74, 6) is -2.20. The zero-order chi connectivity index (χ0) is 26.5. The van der Waals surface area contributed by atoms with E-state index in [0.717, 1.165) is 42.8 Å². The Kier molecular flexibility index (Phi) is 6.62. The number of pyridine rings is 2. The first kappa shape index (κ1) is 25.5. The second-order valence-electron chi connectivity index (χ2n) is 10.5. The number of halogens is 4. The van der Waals surface area contributed by atoms with E-state index in [1.54, 1.807) is 18.2 Å². The Balaban J connectivity index is 1.77. The average Bonchev–Trinajstić information content (AvgIpc) is 2.84. The van der Waals surface area contributed by atoms with Crippen LogP contribution in [0.4, 0.5) is 13.2 Å². The fourth-order valence-electron chi connectivity index (χ4n) is 5.26. The number of fused-ring (bicyclic) bond motifs is 1. The van der Waals surface area contributed by atoms with E-state index >= 15 is 0 Å². The maximum atomic E-state index is 14.9. The first-order valence-corrected chi connectivity index (χ1v) is 12.6. The fraction of sp³-hybridized carbons (Fsp3) is 0.310. The number of hydrogen-bond donors (Lipinski definition) is 0. The molecule has 0 radical (unpaired) electrons. The molecule has 2 aromatic carbocycles. The molecule has 0 bridgehead atoms. The number of piperidine rings is 1. The molecule has 5 rings (SSSR count). The molecule has 1 aliphatic heterocycles. The third-order valence-electron chi connectivity index (χ3n) is 7.23. The molecule has 0 saturated carbocycles. The van der Waals surface area contributed by atoms with Gasteiger partial charge in [0.05, 0.1) is 16.0 Å². The molecule has 0 unspecified atom stereocenters. The number of likely N-dealkylation sites (tertiary alicyclic amines) is 1. The zero-order valence-electron chi connectivity index (χ0n) is 20.9. The Labute approximate surface area is 218 Å². The maximum absolute atomic E-state index is 14.9. The van der Waals surface area contributed by atoms with Crippen molar-refractivity contribution in [1.29, 1.82) is 0 Å². The van der Waals surface area contributed by atoms with E-state index in [0.29, 0.717) is 22.2 Å². The van der Waals surface area contributed by atoms with Gasteiger partial charge in [0.25, 0.3) is 5.52 Å². The van der Waals surface area contributed by atoms with E-state index in [2.05, 4.69) is 30.7 Å². The molecular formula is C29H27ClF3N3O. The average molecular weight is 526 g/mol. The van der Waals surface area contributed by atoms with Crippen LogP contribution in [0.1, 0.15) is 45.2 Å². The smallest absolute Gasteiger partial charge is 0.251 e. The van der Waals surface area contributed by atoms with Crippen LogP contribution in [-0.4, -0.2) is 28.5 Å². The molecule has 1 aliphatic rings. The summed E-state index contributed by atoms with van der Waals surface area (Å²) < 4.78 is 44.4. The lowest BCUT2D eigenvalue weighted by Gasteiger charge is -2.40. The third kappa shape index (κ3) is 4.66. The molecule has 1 fully saturated rings. The number of benzene rings is 2. The van der Waals surface area contributed by atoms with Gasteiger partial charge in [-0.1, -0.05) is 17.7 Å².